The summed E-state index contributed by atoms with van der Waals surface area (Å²) in [7, 11) is 1.61. The second-order valence-corrected chi connectivity index (χ2v) is 10.2. The lowest BCUT2D eigenvalue weighted by Gasteiger charge is -2.25. The van der Waals surface area contributed by atoms with Gasteiger partial charge in [0.05, 0.1) is 26.0 Å². The Labute approximate surface area is 236 Å². The van der Waals surface area contributed by atoms with E-state index in [2.05, 4.69) is 10.2 Å². The predicted molar refractivity (Wildman–Crippen MR) is 152 cm³/mol. The number of carbonyl (C=O) groups is 2. The van der Waals surface area contributed by atoms with Crippen molar-refractivity contribution in [3.8, 4) is 11.5 Å². The number of aliphatic hydroxyl groups is 1. The van der Waals surface area contributed by atoms with Gasteiger partial charge in [0.25, 0.3) is 0 Å². The van der Waals surface area contributed by atoms with Gasteiger partial charge in [-0.25, -0.2) is 0 Å². The maximum absolute atomic E-state index is 12.8. The average Bonchev–Trinajstić information content (AvgIpc) is 3.36. The fourth-order valence-corrected chi connectivity index (χ4v) is 4.68. The van der Waals surface area contributed by atoms with Gasteiger partial charge in [0, 0.05) is 51.2 Å². The zero-order valence-corrected chi connectivity index (χ0v) is 23.5. The molecule has 2 N–H and O–H groups in total. The molecule has 0 radical (unpaired) electrons. The van der Waals surface area contributed by atoms with Gasteiger partial charge in [0.15, 0.2) is 5.78 Å². The van der Waals surface area contributed by atoms with Crippen LogP contribution in [0.3, 0.4) is 0 Å². The Morgan fingerprint density at radius 3 is 2.33 bits per heavy atom. The fourth-order valence-electron chi connectivity index (χ4n) is 4.68. The van der Waals surface area contributed by atoms with Gasteiger partial charge >= 0.3 is 0 Å². The SMILES string of the molecule is COCCOc1ccc(C(=O)CCCC(=O)N[C@@H](Cc2ccc(OCCCCF)cc2)CN2CC[C@H](O)C2)cc1. The number of nitrogens with zero attached hydrogens (tertiary/aromatic N) is 1. The molecule has 1 amide bonds. The van der Waals surface area contributed by atoms with E-state index in [1.807, 2.05) is 24.3 Å². The van der Waals surface area contributed by atoms with Gasteiger partial charge in [-0.3, -0.25) is 18.9 Å². The largest absolute Gasteiger partial charge is 0.494 e. The first-order valence-electron chi connectivity index (χ1n) is 14.2. The van der Waals surface area contributed by atoms with Crippen molar-refractivity contribution < 1.29 is 33.3 Å². The Balaban J connectivity index is 1.47. The number of unbranched alkanes of at least 4 members (excludes halogenated alkanes) is 1. The van der Waals surface area contributed by atoms with E-state index in [1.165, 1.54) is 0 Å². The maximum Gasteiger partial charge on any atom is 0.220 e. The summed E-state index contributed by atoms with van der Waals surface area (Å²) in [5, 5.41) is 13.1. The minimum atomic E-state index is -0.334. The van der Waals surface area contributed by atoms with E-state index in [1.54, 1.807) is 31.4 Å². The number of halogens is 1. The molecule has 2 atom stereocenters. The second kappa shape index (κ2) is 17.6. The number of hydrogen-bond donors (Lipinski definition) is 2. The summed E-state index contributed by atoms with van der Waals surface area (Å²) in [5.74, 6) is 1.32. The van der Waals surface area contributed by atoms with Gasteiger partial charge in [-0.2, -0.15) is 0 Å². The molecule has 0 spiro atoms. The summed E-state index contributed by atoms with van der Waals surface area (Å²) < 4.78 is 28.4. The molecule has 9 heteroatoms. The number of β-amino-alcohol motifs (C(OH)–C–C–N with tert-alkyl or cyclic N) is 1. The predicted octanol–water partition coefficient (Wildman–Crippen LogP) is 3.99. The number of aliphatic hydroxyl groups excluding tert-OH is 1. The van der Waals surface area contributed by atoms with Gasteiger partial charge < -0.3 is 24.6 Å². The molecule has 3 rings (SSSR count). The number of alkyl halides is 1. The van der Waals surface area contributed by atoms with Crippen LogP contribution in [0.2, 0.25) is 0 Å². The third kappa shape index (κ3) is 11.6. The number of nitrogens with one attached hydrogen (secondary N) is 1. The molecule has 1 saturated heterocycles. The van der Waals surface area contributed by atoms with Gasteiger partial charge in [-0.05, 0) is 74.1 Å². The highest BCUT2D eigenvalue weighted by Crippen LogP contribution is 2.17. The molecule has 0 bridgehead atoms. The second-order valence-electron chi connectivity index (χ2n) is 10.2. The van der Waals surface area contributed by atoms with Crippen LogP contribution in [0.15, 0.2) is 48.5 Å². The van der Waals surface area contributed by atoms with Crippen LogP contribution in [0.4, 0.5) is 4.39 Å². The number of ketones is 1. The average molecular weight is 559 g/mol. The fraction of sp³-hybridized carbons (Fsp3) is 0.548. The van der Waals surface area contributed by atoms with Gasteiger partial charge in [-0.15, -0.1) is 0 Å². The van der Waals surface area contributed by atoms with Crippen LogP contribution in [0, 0.1) is 0 Å². The topological polar surface area (TPSA) is 97.3 Å². The molecule has 8 nitrogen and oxygen atoms in total. The highest BCUT2D eigenvalue weighted by Gasteiger charge is 2.24. The molecular weight excluding hydrogens is 515 g/mol. The van der Waals surface area contributed by atoms with Crippen molar-refractivity contribution in [2.45, 2.75) is 57.1 Å². The third-order valence-corrected chi connectivity index (χ3v) is 6.83. The number of ether oxygens (including phenoxy) is 3. The van der Waals surface area contributed by atoms with Crippen molar-refractivity contribution in [3.05, 3.63) is 59.7 Å². The van der Waals surface area contributed by atoms with E-state index >= 15 is 0 Å². The molecule has 0 unspecified atom stereocenters. The molecule has 1 aliphatic heterocycles. The van der Waals surface area contributed by atoms with E-state index in [4.69, 9.17) is 14.2 Å². The Morgan fingerprint density at radius 1 is 0.975 bits per heavy atom. The van der Waals surface area contributed by atoms with Gasteiger partial charge in [-0.1, -0.05) is 12.1 Å². The number of amides is 1. The van der Waals surface area contributed by atoms with Gasteiger partial charge in [0.2, 0.25) is 5.91 Å². The summed E-state index contributed by atoms with van der Waals surface area (Å²) in [6, 6.07) is 14.6. The molecule has 220 valence electrons. The molecule has 0 saturated carbocycles. The third-order valence-electron chi connectivity index (χ3n) is 6.83. The molecule has 2 aromatic carbocycles. The van der Waals surface area contributed by atoms with Crippen molar-refractivity contribution in [2.75, 3.05) is 53.2 Å². The van der Waals surface area contributed by atoms with Crippen LogP contribution >= 0.6 is 0 Å². The number of rotatable bonds is 19. The van der Waals surface area contributed by atoms with Crippen LogP contribution in [0.25, 0.3) is 0 Å². The number of Topliss-reactive ketones (excluding diaryl/α,β-unsaturated/α-hetero) is 1. The van der Waals surface area contributed by atoms with Crippen molar-refractivity contribution in [1.82, 2.24) is 10.2 Å². The zero-order valence-electron chi connectivity index (χ0n) is 23.5. The summed E-state index contributed by atoms with van der Waals surface area (Å²) in [6.07, 6.45) is 3.22. The van der Waals surface area contributed by atoms with Crippen molar-refractivity contribution in [3.63, 3.8) is 0 Å². The number of benzene rings is 2. The Bertz CT molecular complexity index is 1020. The smallest absolute Gasteiger partial charge is 0.220 e. The minimum Gasteiger partial charge on any atom is -0.494 e. The van der Waals surface area contributed by atoms with E-state index in [0.717, 1.165) is 24.3 Å². The summed E-state index contributed by atoms with van der Waals surface area (Å²) >= 11 is 0. The van der Waals surface area contributed by atoms with Crippen LogP contribution in [0.5, 0.6) is 11.5 Å². The molecule has 0 aliphatic carbocycles. The number of likely N-dealkylation sites (tertiary alicyclic amines) is 1. The van der Waals surface area contributed by atoms with Crippen molar-refractivity contribution in [1.29, 1.82) is 0 Å². The Hall–Kier alpha value is -3.01. The lowest BCUT2D eigenvalue weighted by Crippen LogP contribution is -2.44. The normalized spacial score (nSPS) is 16.0. The number of methoxy groups -OCH3 is 1. The quantitative estimate of drug-likeness (QED) is 0.199. The first-order valence-corrected chi connectivity index (χ1v) is 14.2. The molecule has 0 aromatic heterocycles. The summed E-state index contributed by atoms with van der Waals surface area (Å²) in [6.45, 7) is 3.12. The molecule has 1 fully saturated rings. The number of carbonyl (C=O) groups excluding carboxylic acids is 2. The molecular formula is C31H43FN2O6. The maximum atomic E-state index is 12.8. The van der Waals surface area contributed by atoms with E-state index in [9.17, 15) is 19.1 Å². The van der Waals surface area contributed by atoms with E-state index in [0.29, 0.717) is 69.9 Å². The standard InChI is InChI=1S/C31H43FN2O6/c1-38-19-20-40-29-13-9-25(10-14-29)30(36)5-4-6-31(37)33-26(22-34-17-15-27(35)23-34)21-24-7-11-28(12-8-24)39-18-3-2-16-32/h7-14,26-27,35H,2-6,15-23H2,1H3,(H,33,37)/t26-,27-/m0/s1. The summed E-state index contributed by atoms with van der Waals surface area (Å²) in [5.41, 5.74) is 1.66. The van der Waals surface area contributed by atoms with Crippen LogP contribution in [0.1, 0.15) is 54.4 Å². The van der Waals surface area contributed by atoms with E-state index in [-0.39, 0.29) is 43.4 Å². The van der Waals surface area contributed by atoms with Crippen LogP contribution in [-0.4, -0.2) is 87.1 Å². The lowest BCUT2D eigenvalue weighted by molar-refractivity contribution is -0.122. The first-order chi connectivity index (χ1) is 19.5. The monoisotopic (exact) mass is 558 g/mol. The van der Waals surface area contributed by atoms with Gasteiger partial charge in [0.1, 0.15) is 18.1 Å². The first kappa shape index (κ1) is 31.5. The van der Waals surface area contributed by atoms with Crippen LogP contribution in [-0.2, 0) is 16.0 Å². The molecule has 1 heterocycles. The zero-order chi connectivity index (χ0) is 28.6. The van der Waals surface area contributed by atoms with Crippen molar-refractivity contribution in [2.24, 2.45) is 0 Å². The molecule has 2 aromatic rings. The Morgan fingerprint density at radius 2 is 1.68 bits per heavy atom. The molecule has 1 aliphatic rings. The minimum absolute atomic E-state index is 0.00847. The van der Waals surface area contributed by atoms with Crippen LogP contribution < -0.4 is 14.8 Å². The Kier molecular flexibility index (Phi) is 13.9. The van der Waals surface area contributed by atoms with E-state index < -0.39 is 0 Å². The highest BCUT2D eigenvalue weighted by molar-refractivity contribution is 5.96. The highest BCUT2D eigenvalue weighted by atomic mass is 19.1. The molecule has 40 heavy (non-hydrogen) atoms. The van der Waals surface area contributed by atoms with Crippen molar-refractivity contribution >= 4 is 11.7 Å². The number of hydrogen-bond acceptors (Lipinski definition) is 7. The lowest BCUT2D eigenvalue weighted by atomic mass is 10.0. The summed E-state index contributed by atoms with van der Waals surface area (Å²) in [4.78, 5) is 27.6.